The van der Waals surface area contributed by atoms with Gasteiger partial charge in [-0.3, -0.25) is 0 Å². The summed E-state index contributed by atoms with van der Waals surface area (Å²) in [5, 5.41) is 11.6. The van der Waals surface area contributed by atoms with Gasteiger partial charge >= 0.3 is 11.9 Å². The summed E-state index contributed by atoms with van der Waals surface area (Å²) in [7, 11) is 0. The number of carboxylic acids is 1. The highest BCUT2D eigenvalue weighted by atomic mass is 16.6. The molecule has 0 bridgehead atoms. The Labute approximate surface area is 108 Å². The van der Waals surface area contributed by atoms with Crippen LogP contribution in [-0.2, 0) is 14.3 Å². The van der Waals surface area contributed by atoms with Crippen molar-refractivity contribution < 1.29 is 19.4 Å². The summed E-state index contributed by atoms with van der Waals surface area (Å²) in [6.45, 7) is 10.6. The summed E-state index contributed by atoms with van der Waals surface area (Å²) in [6, 6.07) is -0.675. The van der Waals surface area contributed by atoms with E-state index in [4.69, 9.17) is 9.84 Å². The Kier molecular flexibility index (Phi) is 5.88. The predicted octanol–water partition coefficient (Wildman–Crippen LogP) is 1.93. The second kappa shape index (κ2) is 6.42. The van der Waals surface area contributed by atoms with Crippen LogP contribution >= 0.6 is 0 Å². The van der Waals surface area contributed by atoms with Gasteiger partial charge in [0.1, 0.15) is 17.3 Å². The predicted molar refractivity (Wildman–Crippen MR) is 69.0 cm³/mol. The van der Waals surface area contributed by atoms with Crippen molar-refractivity contribution in [3.63, 3.8) is 0 Å². The van der Waals surface area contributed by atoms with E-state index in [1.165, 1.54) is 6.08 Å². The van der Waals surface area contributed by atoms with E-state index in [-0.39, 0.29) is 11.6 Å². The lowest BCUT2D eigenvalue weighted by molar-refractivity contribution is -0.158. The van der Waals surface area contributed by atoms with Crippen molar-refractivity contribution in [1.29, 1.82) is 0 Å². The molecular weight excluding hydrogens is 234 g/mol. The lowest BCUT2D eigenvalue weighted by Crippen LogP contribution is -2.45. The number of carbonyl (C=O) groups excluding carboxylic acids is 1. The first kappa shape index (κ1) is 16.5. The van der Waals surface area contributed by atoms with E-state index in [9.17, 15) is 9.59 Å². The Hall–Kier alpha value is -1.52. The molecule has 104 valence electrons. The van der Waals surface area contributed by atoms with Crippen LogP contribution in [0.3, 0.4) is 0 Å². The minimum absolute atomic E-state index is 0.000408. The number of allylic oxidation sites excluding steroid dienone is 1. The van der Waals surface area contributed by atoms with Crippen LogP contribution in [0, 0.1) is 5.92 Å². The third kappa shape index (κ3) is 5.70. The summed E-state index contributed by atoms with van der Waals surface area (Å²) in [6.07, 6.45) is 1.42. The number of aliphatic carboxylic acids is 1. The molecule has 0 aliphatic rings. The molecule has 1 atom stereocenters. The summed E-state index contributed by atoms with van der Waals surface area (Å²) in [4.78, 5) is 22.9. The third-order valence-corrected chi connectivity index (χ3v) is 2.16. The molecule has 0 aliphatic heterocycles. The molecule has 0 saturated heterocycles. The van der Waals surface area contributed by atoms with Crippen molar-refractivity contribution >= 4 is 11.9 Å². The fourth-order valence-corrected chi connectivity index (χ4v) is 1.30. The van der Waals surface area contributed by atoms with E-state index in [1.807, 2.05) is 13.8 Å². The molecule has 5 heteroatoms. The van der Waals surface area contributed by atoms with Crippen molar-refractivity contribution in [3.05, 3.63) is 11.8 Å². The van der Waals surface area contributed by atoms with Crippen LogP contribution in [-0.4, -0.2) is 28.7 Å². The maximum absolute atomic E-state index is 12.0. The Morgan fingerprint density at radius 2 is 1.78 bits per heavy atom. The third-order valence-electron chi connectivity index (χ3n) is 2.16. The number of carbonyl (C=O) groups is 2. The SMILES string of the molecule is CC=C(NC(C(=O)OC(C)(C)C)C(C)C)C(=O)O. The van der Waals surface area contributed by atoms with E-state index in [2.05, 4.69) is 5.32 Å². The van der Waals surface area contributed by atoms with Gasteiger partial charge < -0.3 is 15.2 Å². The monoisotopic (exact) mass is 257 g/mol. The molecule has 0 heterocycles. The zero-order valence-electron chi connectivity index (χ0n) is 11.9. The van der Waals surface area contributed by atoms with Crippen LogP contribution in [0.2, 0.25) is 0 Å². The quantitative estimate of drug-likeness (QED) is 0.581. The standard InChI is InChI=1S/C13H23NO4/c1-7-9(11(15)16)14-10(8(2)3)12(17)18-13(4,5)6/h7-8,10,14H,1-6H3,(H,15,16). The average molecular weight is 257 g/mol. The smallest absolute Gasteiger partial charge is 0.351 e. The van der Waals surface area contributed by atoms with Crippen molar-refractivity contribution in [3.8, 4) is 0 Å². The molecule has 0 aromatic rings. The first-order valence-electron chi connectivity index (χ1n) is 5.97. The molecule has 5 nitrogen and oxygen atoms in total. The number of rotatable bonds is 5. The van der Waals surface area contributed by atoms with Crippen LogP contribution in [0.1, 0.15) is 41.5 Å². The molecule has 0 amide bonds. The first-order valence-corrected chi connectivity index (χ1v) is 5.97. The maximum atomic E-state index is 12.0. The summed E-state index contributed by atoms with van der Waals surface area (Å²) >= 11 is 0. The zero-order chi connectivity index (χ0) is 14.5. The molecule has 18 heavy (non-hydrogen) atoms. The number of ether oxygens (including phenoxy) is 1. The molecule has 0 aromatic carbocycles. The summed E-state index contributed by atoms with van der Waals surface area (Å²) < 4.78 is 5.26. The minimum Gasteiger partial charge on any atom is -0.477 e. The van der Waals surface area contributed by atoms with E-state index >= 15 is 0 Å². The van der Waals surface area contributed by atoms with Crippen molar-refractivity contribution in [2.24, 2.45) is 5.92 Å². The highest BCUT2D eigenvalue weighted by molar-refractivity contribution is 5.87. The van der Waals surface area contributed by atoms with E-state index in [0.717, 1.165) is 0 Å². The number of nitrogens with one attached hydrogen (secondary N) is 1. The van der Waals surface area contributed by atoms with Crippen molar-refractivity contribution in [2.45, 2.75) is 53.2 Å². The minimum atomic E-state index is -1.09. The van der Waals surface area contributed by atoms with Gasteiger partial charge in [-0.1, -0.05) is 19.9 Å². The Balaban J connectivity index is 4.88. The Morgan fingerprint density at radius 3 is 2.06 bits per heavy atom. The number of carboxylic acid groups (broad SMARTS) is 1. The van der Waals surface area contributed by atoms with Gasteiger partial charge in [0.15, 0.2) is 0 Å². The van der Waals surface area contributed by atoms with Crippen LogP contribution in [0.4, 0.5) is 0 Å². The number of esters is 1. The fraction of sp³-hybridized carbons (Fsp3) is 0.692. The summed E-state index contributed by atoms with van der Waals surface area (Å²) in [5.74, 6) is -1.61. The fourth-order valence-electron chi connectivity index (χ4n) is 1.30. The molecule has 0 fully saturated rings. The van der Waals surface area contributed by atoms with Gasteiger partial charge in [0.25, 0.3) is 0 Å². The van der Waals surface area contributed by atoms with Crippen molar-refractivity contribution in [1.82, 2.24) is 5.32 Å². The summed E-state index contributed by atoms with van der Waals surface area (Å²) in [5.41, 5.74) is -0.592. The largest absolute Gasteiger partial charge is 0.477 e. The lowest BCUT2D eigenvalue weighted by Gasteiger charge is -2.27. The molecule has 0 radical (unpaired) electrons. The molecule has 0 aliphatic carbocycles. The van der Waals surface area contributed by atoms with Gasteiger partial charge in [-0.15, -0.1) is 0 Å². The van der Waals surface area contributed by atoms with Crippen LogP contribution in [0.5, 0.6) is 0 Å². The molecule has 0 spiro atoms. The van der Waals surface area contributed by atoms with Crippen LogP contribution in [0.15, 0.2) is 11.8 Å². The Bertz CT molecular complexity index is 339. The molecule has 2 N–H and O–H groups in total. The normalized spacial score (nSPS) is 14.3. The van der Waals surface area contributed by atoms with Crippen molar-refractivity contribution in [2.75, 3.05) is 0 Å². The van der Waals surface area contributed by atoms with E-state index in [0.29, 0.717) is 0 Å². The number of hydrogen-bond donors (Lipinski definition) is 2. The molecular formula is C13H23NO4. The van der Waals surface area contributed by atoms with Gasteiger partial charge in [-0.2, -0.15) is 0 Å². The first-order chi connectivity index (χ1) is 8.08. The highest BCUT2D eigenvalue weighted by Gasteiger charge is 2.29. The highest BCUT2D eigenvalue weighted by Crippen LogP contribution is 2.13. The second-order valence-corrected chi connectivity index (χ2v) is 5.41. The number of hydrogen-bond acceptors (Lipinski definition) is 4. The second-order valence-electron chi connectivity index (χ2n) is 5.41. The average Bonchev–Trinajstić information content (AvgIpc) is 2.14. The van der Waals surface area contributed by atoms with Gasteiger partial charge in [-0.05, 0) is 33.6 Å². The maximum Gasteiger partial charge on any atom is 0.351 e. The van der Waals surface area contributed by atoms with Gasteiger partial charge in [0.05, 0.1) is 0 Å². The Morgan fingerprint density at radius 1 is 1.28 bits per heavy atom. The van der Waals surface area contributed by atoms with Crippen LogP contribution < -0.4 is 5.32 Å². The van der Waals surface area contributed by atoms with Gasteiger partial charge in [0, 0.05) is 0 Å². The van der Waals surface area contributed by atoms with Gasteiger partial charge in [0.2, 0.25) is 0 Å². The molecule has 0 aromatic heterocycles. The van der Waals surface area contributed by atoms with Gasteiger partial charge in [-0.25, -0.2) is 9.59 Å². The molecule has 0 rings (SSSR count). The molecule has 1 unspecified atom stereocenters. The zero-order valence-corrected chi connectivity index (χ0v) is 11.9. The molecule has 0 saturated carbocycles. The topological polar surface area (TPSA) is 75.6 Å². The van der Waals surface area contributed by atoms with E-state index < -0.39 is 23.6 Å². The van der Waals surface area contributed by atoms with E-state index in [1.54, 1.807) is 27.7 Å². The lowest BCUT2D eigenvalue weighted by atomic mass is 10.0. The van der Waals surface area contributed by atoms with Crippen LogP contribution in [0.25, 0.3) is 0 Å².